The van der Waals surface area contributed by atoms with E-state index in [-0.39, 0.29) is 30.9 Å². The van der Waals surface area contributed by atoms with E-state index in [0.29, 0.717) is 13.1 Å². The first kappa shape index (κ1) is 18.3. The third kappa shape index (κ3) is 5.91. The number of hydrogen-bond acceptors (Lipinski definition) is 4. The summed E-state index contributed by atoms with van der Waals surface area (Å²) in [5.41, 5.74) is -0.590. The van der Waals surface area contributed by atoms with Crippen LogP contribution in [0.2, 0.25) is 0 Å². The lowest BCUT2D eigenvalue weighted by atomic mass is 10.2. The topological polar surface area (TPSA) is 79.0 Å². The number of amides is 3. The first-order valence-corrected chi connectivity index (χ1v) is 7.67. The summed E-state index contributed by atoms with van der Waals surface area (Å²) in [7, 11) is 0. The van der Waals surface area contributed by atoms with Crippen molar-refractivity contribution < 1.29 is 19.1 Å². The highest BCUT2D eigenvalue weighted by atomic mass is 16.6. The molecule has 0 bridgehead atoms. The van der Waals surface area contributed by atoms with Crippen molar-refractivity contribution in [3.05, 3.63) is 0 Å². The zero-order chi connectivity index (χ0) is 16.9. The maximum absolute atomic E-state index is 12.1. The average molecular weight is 313 g/mol. The summed E-state index contributed by atoms with van der Waals surface area (Å²) in [4.78, 5) is 38.6. The van der Waals surface area contributed by atoms with Gasteiger partial charge in [0.1, 0.15) is 12.1 Å². The van der Waals surface area contributed by atoms with Crippen LogP contribution in [0, 0.1) is 0 Å². The molecule has 126 valence electrons. The van der Waals surface area contributed by atoms with Gasteiger partial charge in [-0.2, -0.15) is 0 Å². The molecule has 0 aromatic heterocycles. The molecular formula is C15H27N3O4. The van der Waals surface area contributed by atoms with E-state index in [1.54, 1.807) is 20.8 Å². The van der Waals surface area contributed by atoms with E-state index in [2.05, 4.69) is 5.32 Å². The van der Waals surface area contributed by atoms with Crippen molar-refractivity contribution in [3.8, 4) is 0 Å². The minimum atomic E-state index is -0.590. The van der Waals surface area contributed by atoms with Crippen LogP contribution in [0.5, 0.6) is 0 Å². The minimum absolute atomic E-state index is 0.0331. The largest absolute Gasteiger partial charge is 0.444 e. The number of nitrogens with one attached hydrogen (secondary N) is 1. The van der Waals surface area contributed by atoms with Crippen molar-refractivity contribution in [3.63, 3.8) is 0 Å². The number of hydrogen-bond donors (Lipinski definition) is 1. The Labute approximate surface area is 132 Å². The molecule has 0 unspecified atom stereocenters. The molecule has 3 amide bonds. The van der Waals surface area contributed by atoms with Crippen molar-refractivity contribution in [2.75, 3.05) is 26.2 Å². The lowest BCUT2D eigenvalue weighted by Gasteiger charge is -2.35. The Hall–Kier alpha value is -1.79. The summed E-state index contributed by atoms with van der Waals surface area (Å²) in [6, 6.07) is 0.0886. The molecule has 1 fully saturated rings. The molecule has 0 aromatic rings. The van der Waals surface area contributed by atoms with E-state index in [1.165, 1.54) is 9.80 Å². The Morgan fingerprint density at radius 3 is 2.45 bits per heavy atom. The molecule has 1 aliphatic rings. The van der Waals surface area contributed by atoms with Crippen molar-refractivity contribution in [2.45, 2.75) is 52.7 Å². The van der Waals surface area contributed by atoms with Crippen LogP contribution in [0.1, 0.15) is 41.0 Å². The number of carbonyl (C=O) groups is 3. The predicted octanol–water partition coefficient (Wildman–Crippen LogP) is 0.980. The number of carbonyl (C=O) groups excluding carboxylic acids is 3. The standard InChI is InChI=1S/C15H27N3O4/c1-6-11(2)16-12(19)9-17-7-8-18(10-13(17)20)14(21)22-15(3,4)5/h11H,6-10H2,1-5H3,(H,16,19)/t11-/m1/s1. The highest BCUT2D eigenvalue weighted by Crippen LogP contribution is 2.12. The van der Waals surface area contributed by atoms with Crippen LogP contribution in [0.25, 0.3) is 0 Å². The van der Waals surface area contributed by atoms with Crippen molar-refractivity contribution in [2.24, 2.45) is 0 Å². The molecule has 0 radical (unpaired) electrons. The van der Waals surface area contributed by atoms with E-state index < -0.39 is 11.7 Å². The van der Waals surface area contributed by atoms with Gasteiger partial charge in [0, 0.05) is 19.1 Å². The van der Waals surface area contributed by atoms with Crippen LogP contribution in [-0.2, 0) is 14.3 Å². The molecule has 7 nitrogen and oxygen atoms in total. The van der Waals surface area contributed by atoms with Crippen LogP contribution in [0.4, 0.5) is 4.79 Å². The first-order valence-electron chi connectivity index (χ1n) is 7.67. The first-order chi connectivity index (χ1) is 10.1. The molecular weight excluding hydrogens is 286 g/mol. The molecule has 7 heteroatoms. The Balaban J connectivity index is 2.48. The molecule has 1 saturated heterocycles. The van der Waals surface area contributed by atoms with Crippen LogP contribution in [-0.4, -0.2) is 65.5 Å². The van der Waals surface area contributed by atoms with Crippen LogP contribution in [0.3, 0.4) is 0 Å². The van der Waals surface area contributed by atoms with Gasteiger partial charge in [-0.15, -0.1) is 0 Å². The van der Waals surface area contributed by atoms with Gasteiger partial charge in [0.2, 0.25) is 11.8 Å². The summed E-state index contributed by atoms with van der Waals surface area (Å²) in [5, 5.41) is 2.82. The van der Waals surface area contributed by atoms with Crippen LogP contribution < -0.4 is 5.32 Å². The molecule has 1 rings (SSSR count). The quantitative estimate of drug-likeness (QED) is 0.839. The highest BCUT2D eigenvalue weighted by Gasteiger charge is 2.31. The van der Waals surface area contributed by atoms with Gasteiger partial charge in [-0.3, -0.25) is 14.5 Å². The van der Waals surface area contributed by atoms with E-state index in [4.69, 9.17) is 4.74 Å². The van der Waals surface area contributed by atoms with Crippen LogP contribution in [0.15, 0.2) is 0 Å². The SMILES string of the molecule is CC[C@@H](C)NC(=O)CN1CCN(C(=O)OC(C)(C)C)CC1=O. The normalized spacial score (nSPS) is 17.2. The summed E-state index contributed by atoms with van der Waals surface area (Å²) in [5.74, 6) is -0.412. The van der Waals surface area contributed by atoms with Gasteiger partial charge >= 0.3 is 6.09 Å². The van der Waals surface area contributed by atoms with E-state index >= 15 is 0 Å². The Bertz CT molecular complexity index is 431. The lowest BCUT2D eigenvalue weighted by molar-refractivity contribution is -0.140. The zero-order valence-electron chi connectivity index (χ0n) is 14.1. The molecule has 0 aromatic carbocycles. The third-order valence-electron chi connectivity index (χ3n) is 3.32. The molecule has 0 spiro atoms. The third-order valence-corrected chi connectivity index (χ3v) is 3.32. The lowest BCUT2D eigenvalue weighted by Crippen LogP contribution is -2.55. The van der Waals surface area contributed by atoms with E-state index in [0.717, 1.165) is 6.42 Å². The Morgan fingerprint density at radius 2 is 1.95 bits per heavy atom. The summed E-state index contributed by atoms with van der Waals surface area (Å²) in [6.07, 6.45) is 0.344. The van der Waals surface area contributed by atoms with Crippen molar-refractivity contribution in [1.82, 2.24) is 15.1 Å². The molecule has 22 heavy (non-hydrogen) atoms. The van der Waals surface area contributed by atoms with Gasteiger partial charge in [0.15, 0.2) is 0 Å². The molecule has 1 heterocycles. The zero-order valence-corrected chi connectivity index (χ0v) is 14.1. The van der Waals surface area contributed by atoms with Crippen molar-refractivity contribution in [1.29, 1.82) is 0 Å². The van der Waals surface area contributed by atoms with Gasteiger partial charge in [0.25, 0.3) is 0 Å². The Kier molecular flexibility index (Phi) is 6.20. The van der Waals surface area contributed by atoms with E-state index in [9.17, 15) is 14.4 Å². The van der Waals surface area contributed by atoms with Gasteiger partial charge in [0.05, 0.1) is 6.54 Å². The monoisotopic (exact) mass is 313 g/mol. The minimum Gasteiger partial charge on any atom is -0.444 e. The fraction of sp³-hybridized carbons (Fsp3) is 0.800. The van der Waals surface area contributed by atoms with Crippen molar-refractivity contribution >= 4 is 17.9 Å². The number of rotatable bonds is 4. The second-order valence-corrected chi connectivity index (χ2v) is 6.59. The van der Waals surface area contributed by atoms with Gasteiger partial charge in [-0.25, -0.2) is 4.79 Å². The highest BCUT2D eigenvalue weighted by molar-refractivity contribution is 5.88. The molecule has 0 saturated carbocycles. The molecule has 1 atom stereocenters. The number of ether oxygens (including phenoxy) is 1. The summed E-state index contributed by atoms with van der Waals surface area (Å²) >= 11 is 0. The van der Waals surface area contributed by atoms with E-state index in [1.807, 2.05) is 13.8 Å². The average Bonchev–Trinajstić information content (AvgIpc) is 2.38. The van der Waals surface area contributed by atoms with Gasteiger partial charge in [-0.1, -0.05) is 6.92 Å². The molecule has 1 N–H and O–H groups in total. The maximum Gasteiger partial charge on any atom is 0.410 e. The Morgan fingerprint density at radius 1 is 1.32 bits per heavy atom. The second kappa shape index (κ2) is 7.47. The van der Waals surface area contributed by atoms with Crippen LogP contribution >= 0.6 is 0 Å². The fourth-order valence-corrected chi connectivity index (χ4v) is 1.95. The second-order valence-electron chi connectivity index (χ2n) is 6.59. The summed E-state index contributed by atoms with van der Waals surface area (Å²) < 4.78 is 5.25. The predicted molar refractivity (Wildman–Crippen MR) is 82.3 cm³/mol. The smallest absolute Gasteiger partial charge is 0.410 e. The number of piperazine rings is 1. The maximum atomic E-state index is 12.1. The fourth-order valence-electron chi connectivity index (χ4n) is 1.95. The summed E-state index contributed by atoms with van der Waals surface area (Å²) in [6.45, 7) is 9.93. The molecule has 0 aliphatic carbocycles. The molecule has 1 aliphatic heterocycles. The van der Waals surface area contributed by atoms with Gasteiger partial charge < -0.3 is 15.0 Å². The van der Waals surface area contributed by atoms with Gasteiger partial charge in [-0.05, 0) is 34.1 Å². The number of nitrogens with zero attached hydrogens (tertiary/aromatic N) is 2.